The first kappa shape index (κ1) is 10.1. The molecular weight excluding hydrogens is 303 g/mol. The number of hydrogen-bond donors (Lipinski definition) is 0. The van der Waals surface area contributed by atoms with Crippen molar-refractivity contribution in [2.24, 2.45) is 0 Å². The predicted molar refractivity (Wildman–Crippen MR) is 49.1 cm³/mol. The SMILES string of the molecule is Fc1cc(Cl)c(I)cc1C(F)F. The molecule has 0 fully saturated rings. The van der Waals surface area contributed by atoms with Crippen molar-refractivity contribution in [3.05, 3.63) is 32.1 Å². The highest BCUT2D eigenvalue weighted by Gasteiger charge is 2.15. The Morgan fingerprint density at radius 2 is 1.92 bits per heavy atom. The van der Waals surface area contributed by atoms with Crippen LogP contribution >= 0.6 is 34.2 Å². The van der Waals surface area contributed by atoms with Crippen LogP contribution < -0.4 is 0 Å². The number of halogens is 5. The van der Waals surface area contributed by atoms with Gasteiger partial charge in [0.1, 0.15) is 5.82 Å². The Morgan fingerprint density at radius 3 is 2.42 bits per heavy atom. The molecule has 1 aromatic rings. The van der Waals surface area contributed by atoms with Crippen molar-refractivity contribution in [2.75, 3.05) is 0 Å². The Balaban J connectivity index is 3.23. The first-order chi connectivity index (χ1) is 5.52. The molecule has 0 aromatic heterocycles. The lowest BCUT2D eigenvalue weighted by molar-refractivity contribution is 0.146. The van der Waals surface area contributed by atoms with Crippen LogP contribution in [0.15, 0.2) is 12.1 Å². The van der Waals surface area contributed by atoms with Crippen LogP contribution in [0.1, 0.15) is 12.0 Å². The molecule has 0 N–H and O–H groups in total. The first-order valence-electron chi connectivity index (χ1n) is 2.95. The van der Waals surface area contributed by atoms with E-state index in [0.29, 0.717) is 3.57 Å². The Labute approximate surface area is 85.9 Å². The molecule has 0 nitrogen and oxygen atoms in total. The van der Waals surface area contributed by atoms with Gasteiger partial charge in [-0.1, -0.05) is 11.6 Å². The van der Waals surface area contributed by atoms with Crippen molar-refractivity contribution in [1.29, 1.82) is 0 Å². The molecule has 0 saturated heterocycles. The maximum atomic E-state index is 12.7. The molecule has 5 heteroatoms. The second kappa shape index (κ2) is 3.83. The van der Waals surface area contributed by atoms with Crippen LogP contribution in [0, 0.1) is 9.39 Å². The molecule has 0 radical (unpaired) electrons. The monoisotopic (exact) mass is 306 g/mol. The Hall–Kier alpha value is 0.0300. The van der Waals surface area contributed by atoms with Gasteiger partial charge in [-0.15, -0.1) is 0 Å². The van der Waals surface area contributed by atoms with E-state index in [1.807, 2.05) is 0 Å². The number of rotatable bonds is 1. The van der Waals surface area contributed by atoms with Crippen LogP contribution in [0.5, 0.6) is 0 Å². The maximum Gasteiger partial charge on any atom is 0.266 e. The normalized spacial score (nSPS) is 10.8. The minimum Gasteiger partial charge on any atom is -0.206 e. The summed E-state index contributed by atoms with van der Waals surface area (Å²) < 4.78 is 37.2. The number of benzene rings is 1. The topological polar surface area (TPSA) is 0 Å². The van der Waals surface area contributed by atoms with Crippen molar-refractivity contribution in [3.63, 3.8) is 0 Å². The molecule has 1 rings (SSSR count). The highest BCUT2D eigenvalue weighted by atomic mass is 127. The van der Waals surface area contributed by atoms with Gasteiger partial charge in [-0.3, -0.25) is 0 Å². The Morgan fingerprint density at radius 1 is 1.33 bits per heavy atom. The molecule has 0 spiro atoms. The molecule has 0 saturated carbocycles. The van der Waals surface area contributed by atoms with Gasteiger partial charge in [0.05, 0.1) is 10.6 Å². The summed E-state index contributed by atoms with van der Waals surface area (Å²) in [5, 5.41) is 0.150. The quantitative estimate of drug-likeness (QED) is 0.543. The fourth-order valence-corrected chi connectivity index (χ4v) is 1.35. The molecule has 0 aliphatic carbocycles. The van der Waals surface area contributed by atoms with Gasteiger partial charge >= 0.3 is 0 Å². The summed E-state index contributed by atoms with van der Waals surface area (Å²) in [5.41, 5.74) is -0.608. The summed E-state index contributed by atoms with van der Waals surface area (Å²) in [6.07, 6.45) is -2.80. The van der Waals surface area contributed by atoms with E-state index in [0.717, 1.165) is 12.1 Å². The van der Waals surface area contributed by atoms with Crippen LogP contribution in [-0.2, 0) is 0 Å². The molecular formula is C7H3ClF3I. The summed E-state index contributed by atoms with van der Waals surface area (Å²) in [4.78, 5) is 0. The van der Waals surface area contributed by atoms with Gasteiger partial charge < -0.3 is 0 Å². The van der Waals surface area contributed by atoms with Crippen LogP contribution in [0.25, 0.3) is 0 Å². The summed E-state index contributed by atoms with van der Waals surface area (Å²) in [6.45, 7) is 0. The van der Waals surface area contributed by atoms with Crippen LogP contribution in [0.2, 0.25) is 5.02 Å². The molecule has 0 amide bonds. The molecule has 1 aromatic carbocycles. The molecule has 0 heterocycles. The van der Waals surface area contributed by atoms with E-state index >= 15 is 0 Å². The number of hydrogen-bond acceptors (Lipinski definition) is 0. The van der Waals surface area contributed by atoms with Crippen LogP contribution in [-0.4, -0.2) is 0 Å². The smallest absolute Gasteiger partial charge is 0.206 e. The van der Waals surface area contributed by atoms with Gasteiger partial charge in [0.25, 0.3) is 6.43 Å². The van der Waals surface area contributed by atoms with Gasteiger partial charge in [-0.05, 0) is 34.7 Å². The third kappa shape index (κ3) is 2.04. The summed E-state index contributed by atoms with van der Waals surface area (Å²) in [7, 11) is 0. The van der Waals surface area contributed by atoms with E-state index < -0.39 is 17.8 Å². The average molecular weight is 306 g/mol. The minimum absolute atomic E-state index is 0.150. The van der Waals surface area contributed by atoms with E-state index in [1.54, 1.807) is 22.6 Å². The van der Waals surface area contributed by atoms with Gasteiger partial charge in [0.15, 0.2) is 0 Å². The summed E-state index contributed by atoms with van der Waals surface area (Å²) in [5.74, 6) is -0.963. The minimum atomic E-state index is -2.80. The highest BCUT2D eigenvalue weighted by molar-refractivity contribution is 14.1. The zero-order chi connectivity index (χ0) is 9.30. The standard InChI is InChI=1S/C7H3ClF3I/c8-4-2-5(9)3(7(10)11)1-6(4)12/h1-2,7H. The third-order valence-electron chi connectivity index (χ3n) is 1.27. The molecule has 0 aliphatic rings. The second-order valence-electron chi connectivity index (χ2n) is 2.09. The fraction of sp³-hybridized carbons (Fsp3) is 0.143. The molecule has 0 atom stereocenters. The zero-order valence-electron chi connectivity index (χ0n) is 5.62. The van der Waals surface area contributed by atoms with Crippen molar-refractivity contribution in [2.45, 2.75) is 6.43 Å². The molecule has 0 unspecified atom stereocenters. The molecule has 0 aliphatic heterocycles. The Bertz CT molecular complexity index is 301. The van der Waals surface area contributed by atoms with E-state index in [1.165, 1.54) is 0 Å². The largest absolute Gasteiger partial charge is 0.266 e. The van der Waals surface area contributed by atoms with Gasteiger partial charge in [-0.2, -0.15) is 0 Å². The lowest BCUT2D eigenvalue weighted by Gasteiger charge is -2.03. The zero-order valence-corrected chi connectivity index (χ0v) is 8.54. The van der Waals surface area contributed by atoms with Gasteiger partial charge in [0.2, 0.25) is 0 Å². The summed E-state index contributed by atoms with van der Waals surface area (Å²) in [6, 6.07) is 1.94. The lowest BCUT2D eigenvalue weighted by Crippen LogP contribution is -1.92. The third-order valence-corrected chi connectivity index (χ3v) is 2.80. The number of alkyl halides is 2. The first-order valence-corrected chi connectivity index (χ1v) is 4.40. The average Bonchev–Trinajstić information content (AvgIpc) is 1.96. The maximum absolute atomic E-state index is 12.7. The lowest BCUT2D eigenvalue weighted by atomic mass is 10.2. The molecule has 66 valence electrons. The molecule has 0 bridgehead atoms. The van der Waals surface area contributed by atoms with Crippen LogP contribution in [0.4, 0.5) is 13.2 Å². The van der Waals surface area contributed by atoms with Crippen molar-refractivity contribution >= 4 is 34.2 Å². The van der Waals surface area contributed by atoms with Gasteiger partial charge in [-0.25, -0.2) is 13.2 Å². The fourth-order valence-electron chi connectivity index (χ4n) is 0.705. The van der Waals surface area contributed by atoms with E-state index in [4.69, 9.17) is 11.6 Å². The predicted octanol–water partition coefficient (Wildman–Crippen LogP) is 4.02. The van der Waals surface area contributed by atoms with Crippen LogP contribution in [0.3, 0.4) is 0 Å². The second-order valence-corrected chi connectivity index (χ2v) is 3.66. The van der Waals surface area contributed by atoms with E-state index in [-0.39, 0.29) is 5.02 Å². The van der Waals surface area contributed by atoms with E-state index in [9.17, 15) is 13.2 Å². The van der Waals surface area contributed by atoms with Crippen molar-refractivity contribution in [1.82, 2.24) is 0 Å². The van der Waals surface area contributed by atoms with Crippen molar-refractivity contribution < 1.29 is 13.2 Å². The van der Waals surface area contributed by atoms with Crippen molar-refractivity contribution in [3.8, 4) is 0 Å². The Kier molecular flexibility index (Phi) is 3.22. The summed E-state index contributed by atoms with van der Waals surface area (Å²) >= 11 is 7.27. The molecule has 12 heavy (non-hydrogen) atoms. The van der Waals surface area contributed by atoms with E-state index in [2.05, 4.69) is 0 Å². The highest BCUT2D eigenvalue weighted by Crippen LogP contribution is 2.28. The van der Waals surface area contributed by atoms with Gasteiger partial charge in [0, 0.05) is 3.57 Å².